The van der Waals surface area contributed by atoms with E-state index in [2.05, 4.69) is 16.6 Å². The number of aryl methyl sites for hydroxylation is 1. The molecule has 0 atom stereocenters. The maximum atomic E-state index is 12.6. The summed E-state index contributed by atoms with van der Waals surface area (Å²) < 4.78 is 10.7. The van der Waals surface area contributed by atoms with Crippen molar-refractivity contribution in [3.8, 4) is 5.75 Å². The van der Waals surface area contributed by atoms with E-state index >= 15 is 0 Å². The average Bonchev–Trinajstić information content (AvgIpc) is 2.68. The number of esters is 1. The predicted molar refractivity (Wildman–Crippen MR) is 106 cm³/mol. The van der Waals surface area contributed by atoms with E-state index in [1.54, 1.807) is 12.1 Å². The van der Waals surface area contributed by atoms with Gasteiger partial charge in [-0.2, -0.15) is 0 Å². The Bertz CT molecular complexity index is 1020. The molecule has 27 heavy (non-hydrogen) atoms. The van der Waals surface area contributed by atoms with Crippen molar-refractivity contribution >= 4 is 28.5 Å². The molecule has 0 spiro atoms. The monoisotopic (exact) mass is 385 g/mol. The lowest BCUT2D eigenvalue weighted by atomic mass is 10.0. The highest BCUT2D eigenvalue weighted by atomic mass is 35.5. The lowest BCUT2D eigenvalue weighted by molar-refractivity contribution is 0.0599. The zero-order valence-electron chi connectivity index (χ0n) is 15.2. The van der Waals surface area contributed by atoms with Crippen molar-refractivity contribution in [2.24, 2.45) is 0 Å². The van der Waals surface area contributed by atoms with E-state index in [4.69, 9.17) is 16.3 Å². The number of aromatic amines is 1. The van der Waals surface area contributed by atoms with Gasteiger partial charge in [-0.3, -0.25) is 4.79 Å². The van der Waals surface area contributed by atoms with E-state index in [1.165, 1.54) is 13.3 Å². The number of rotatable bonds is 6. The van der Waals surface area contributed by atoms with Gasteiger partial charge in [0.15, 0.2) is 0 Å². The fourth-order valence-electron chi connectivity index (χ4n) is 2.89. The summed E-state index contributed by atoms with van der Waals surface area (Å²) in [6.07, 6.45) is 3.03. The number of carbonyl (C=O) groups is 1. The number of methoxy groups -OCH3 is 1. The topological polar surface area (TPSA) is 68.4 Å². The van der Waals surface area contributed by atoms with Gasteiger partial charge >= 0.3 is 5.97 Å². The molecule has 0 aliphatic carbocycles. The third-order valence-electron chi connectivity index (χ3n) is 4.29. The molecule has 2 aromatic carbocycles. The van der Waals surface area contributed by atoms with E-state index in [9.17, 15) is 9.59 Å². The second-order valence-corrected chi connectivity index (χ2v) is 6.63. The highest BCUT2D eigenvalue weighted by molar-refractivity contribution is 6.30. The van der Waals surface area contributed by atoms with Crippen LogP contribution in [0.25, 0.3) is 10.9 Å². The van der Waals surface area contributed by atoms with Crippen LogP contribution < -0.4 is 10.2 Å². The second kappa shape index (κ2) is 8.27. The smallest absolute Gasteiger partial charge is 0.343 e. The first-order chi connectivity index (χ1) is 13.0. The number of pyridine rings is 1. The Morgan fingerprint density at radius 1 is 1.19 bits per heavy atom. The molecule has 0 amide bonds. The van der Waals surface area contributed by atoms with Gasteiger partial charge in [-0.05, 0) is 35.7 Å². The fourth-order valence-corrected chi connectivity index (χ4v) is 3.02. The Hall–Kier alpha value is -2.79. The van der Waals surface area contributed by atoms with E-state index in [1.807, 2.05) is 24.3 Å². The van der Waals surface area contributed by atoms with Crippen molar-refractivity contribution in [2.75, 3.05) is 7.11 Å². The van der Waals surface area contributed by atoms with Crippen LogP contribution in [0.5, 0.6) is 5.75 Å². The molecule has 0 aliphatic heterocycles. The number of hydrogen-bond acceptors (Lipinski definition) is 4. The molecule has 0 unspecified atom stereocenters. The molecule has 0 bridgehead atoms. The summed E-state index contributed by atoms with van der Waals surface area (Å²) in [5, 5.41) is 1.12. The van der Waals surface area contributed by atoms with Crippen LogP contribution >= 0.6 is 11.6 Å². The molecule has 1 aromatic heterocycles. The molecule has 0 aliphatic rings. The second-order valence-electron chi connectivity index (χ2n) is 6.19. The number of carbonyl (C=O) groups excluding carboxylic acids is 1. The molecule has 140 valence electrons. The minimum Gasteiger partial charge on any atom is -0.489 e. The summed E-state index contributed by atoms with van der Waals surface area (Å²) in [5.41, 5.74) is 2.17. The van der Waals surface area contributed by atoms with Crippen molar-refractivity contribution in [2.45, 2.75) is 26.4 Å². The summed E-state index contributed by atoms with van der Waals surface area (Å²) in [6.45, 7) is 2.45. The van der Waals surface area contributed by atoms with Crippen molar-refractivity contribution in [1.82, 2.24) is 4.98 Å². The predicted octanol–water partition coefficient (Wildman–Crippen LogP) is 4.50. The molecule has 0 saturated carbocycles. The third kappa shape index (κ3) is 4.14. The quantitative estimate of drug-likeness (QED) is 0.634. The Morgan fingerprint density at radius 2 is 1.93 bits per heavy atom. The molecule has 3 aromatic rings. The summed E-state index contributed by atoms with van der Waals surface area (Å²) in [6, 6.07) is 11.1. The van der Waals surface area contributed by atoms with Crippen LogP contribution in [0.15, 0.2) is 47.4 Å². The Kier molecular flexibility index (Phi) is 5.81. The van der Waals surface area contributed by atoms with Crippen LogP contribution in [0.4, 0.5) is 0 Å². The molecule has 3 rings (SSSR count). The van der Waals surface area contributed by atoms with E-state index in [0.29, 0.717) is 28.3 Å². The third-order valence-corrected chi connectivity index (χ3v) is 4.55. The van der Waals surface area contributed by atoms with Gasteiger partial charge in [-0.25, -0.2) is 4.79 Å². The Morgan fingerprint density at radius 3 is 2.59 bits per heavy atom. The van der Waals surface area contributed by atoms with Gasteiger partial charge in [-0.1, -0.05) is 37.1 Å². The number of hydrogen-bond donors (Lipinski definition) is 1. The highest BCUT2D eigenvalue weighted by Crippen LogP contribution is 2.26. The zero-order chi connectivity index (χ0) is 19.4. The van der Waals surface area contributed by atoms with Crippen LogP contribution in [0, 0.1) is 0 Å². The first-order valence-corrected chi connectivity index (χ1v) is 9.05. The van der Waals surface area contributed by atoms with Gasteiger partial charge in [0.2, 0.25) is 5.43 Å². The first-order valence-electron chi connectivity index (χ1n) is 8.67. The molecule has 6 heteroatoms. The number of benzene rings is 2. The standard InChI is InChI=1S/C21H20ClNO4/c1-3-4-14-9-16-18(23-11-17(20(16)24)21(25)26-2)10-19(14)27-12-13-5-7-15(22)8-6-13/h5-11H,3-4,12H2,1-2H3,(H,23,24). The fraction of sp³-hybridized carbons (Fsp3) is 0.238. The lowest BCUT2D eigenvalue weighted by Gasteiger charge is -2.13. The van der Waals surface area contributed by atoms with Crippen LogP contribution in [0.1, 0.15) is 34.8 Å². The van der Waals surface area contributed by atoms with Crippen molar-refractivity contribution < 1.29 is 14.3 Å². The lowest BCUT2D eigenvalue weighted by Crippen LogP contribution is -2.17. The molecular weight excluding hydrogens is 366 g/mol. The van der Waals surface area contributed by atoms with Gasteiger partial charge in [0.1, 0.15) is 17.9 Å². The number of aromatic nitrogens is 1. The number of H-pyrrole nitrogens is 1. The summed E-state index contributed by atoms with van der Waals surface area (Å²) in [7, 11) is 1.25. The van der Waals surface area contributed by atoms with E-state index in [0.717, 1.165) is 24.0 Å². The van der Waals surface area contributed by atoms with Gasteiger partial charge in [-0.15, -0.1) is 0 Å². The summed E-state index contributed by atoms with van der Waals surface area (Å²) in [5.74, 6) is 0.0547. The molecule has 0 fully saturated rings. The normalized spacial score (nSPS) is 10.8. The van der Waals surface area contributed by atoms with Crippen LogP contribution in [-0.2, 0) is 17.8 Å². The minimum absolute atomic E-state index is 0.0118. The highest BCUT2D eigenvalue weighted by Gasteiger charge is 2.15. The minimum atomic E-state index is -0.654. The zero-order valence-corrected chi connectivity index (χ0v) is 15.9. The van der Waals surface area contributed by atoms with Gasteiger partial charge in [0.25, 0.3) is 0 Å². The van der Waals surface area contributed by atoms with Crippen molar-refractivity contribution in [3.63, 3.8) is 0 Å². The van der Waals surface area contributed by atoms with Gasteiger partial charge in [0.05, 0.1) is 12.6 Å². The largest absolute Gasteiger partial charge is 0.489 e. The molecule has 1 heterocycles. The van der Waals surface area contributed by atoms with Crippen molar-refractivity contribution in [3.05, 3.63) is 74.5 Å². The van der Waals surface area contributed by atoms with Crippen LogP contribution in [-0.4, -0.2) is 18.1 Å². The molecular formula is C21H20ClNO4. The molecule has 1 N–H and O–H groups in total. The van der Waals surface area contributed by atoms with Crippen LogP contribution in [0.3, 0.4) is 0 Å². The van der Waals surface area contributed by atoms with Gasteiger partial charge in [0, 0.05) is 22.7 Å². The number of nitrogens with one attached hydrogen (secondary N) is 1. The molecule has 0 radical (unpaired) electrons. The Labute approximate surface area is 161 Å². The summed E-state index contributed by atoms with van der Waals surface area (Å²) in [4.78, 5) is 27.4. The maximum absolute atomic E-state index is 12.6. The number of fused-ring (bicyclic) bond motifs is 1. The van der Waals surface area contributed by atoms with Gasteiger partial charge < -0.3 is 14.5 Å². The number of ether oxygens (including phenoxy) is 2. The SMILES string of the molecule is CCCc1cc2c(=O)c(C(=O)OC)c[nH]c2cc1OCc1ccc(Cl)cc1. The Balaban J connectivity index is 1.99. The van der Waals surface area contributed by atoms with Crippen LogP contribution in [0.2, 0.25) is 5.02 Å². The molecule has 0 saturated heterocycles. The van der Waals surface area contributed by atoms with E-state index in [-0.39, 0.29) is 11.0 Å². The van der Waals surface area contributed by atoms with Crippen molar-refractivity contribution in [1.29, 1.82) is 0 Å². The maximum Gasteiger partial charge on any atom is 0.343 e. The summed E-state index contributed by atoms with van der Waals surface area (Å²) >= 11 is 5.91. The first kappa shape index (κ1) is 19.0. The number of halogens is 1. The average molecular weight is 386 g/mol. The molecule has 5 nitrogen and oxygen atoms in total. The van der Waals surface area contributed by atoms with E-state index < -0.39 is 5.97 Å².